The van der Waals surface area contributed by atoms with E-state index in [0.717, 1.165) is 22.3 Å². The molecule has 12 rings (SSSR count). The molecule has 0 saturated heterocycles. The fourth-order valence-electron chi connectivity index (χ4n) is 5.66. The first-order valence-electron chi connectivity index (χ1n) is 15.4. The topological polar surface area (TPSA) is 149 Å². The molecule has 0 N–H and O–H groups in total. The molecule has 14 nitrogen and oxygen atoms in total. The molecule has 0 saturated carbocycles. The van der Waals surface area contributed by atoms with Crippen molar-refractivity contribution in [1.82, 2.24) is 69.9 Å². The molecule has 4 aliphatic heterocycles. The van der Waals surface area contributed by atoms with Crippen molar-refractivity contribution >= 4 is 0 Å². The molecule has 4 aliphatic rings. The van der Waals surface area contributed by atoms with Crippen molar-refractivity contribution in [3.05, 3.63) is 132 Å². The molecule has 10 heterocycles. The summed E-state index contributed by atoms with van der Waals surface area (Å²) in [6.45, 7) is 2.30. The normalized spacial score (nSPS) is 12.7. The second kappa shape index (κ2) is 11.6. The molecule has 0 aliphatic carbocycles. The average molecular weight is 631 g/mol. The number of benzene rings is 2. The van der Waals surface area contributed by atoms with Crippen LogP contribution in [-0.4, -0.2) is 69.9 Å². The lowest BCUT2D eigenvalue weighted by Gasteiger charge is -2.05. The lowest BCUT2D eigenvalue weighted by molar-refractivity contribution is 0.643. The molecule has 14 heteroatoms. The van der Waals surface area contributed by atoms with Crippen molar-refractivity contribution in [1.29, 1.82) is 0 Å². The predicted octanol–water partition coefficient (Wildman–Crippen LogP) is 4.02. The quantitative estimate of drug-likeness (QED) is 0.241. The average Bonchev–Trinajstić information content (AvgIpc) is 3.95. The van der Waals surface area contributed by atoms with Crippen LogP contribution >= 0.6 is 0 Å². The van der Waals surface area contributed by atoms with Gasteiger partial charge in [0.05, 0.1) is 73.7 Å². The molecule has 2 aromatic carbocycles. The zero-order valence-corrected chi connectivity index (χ0v) is 25.5. The van der Waals surface area contributed by atoms with Crippen LogP contribution in [0.25, 0.3) is 45.6 Å². The molecular weight excluding hydrogens is 604 g/mol. The molecule has 0 spiro atoms. The Balaban J connectivity index is 1.04. The number of rotatable bonds is 0. The largest absolute Gasteiger partial charge is 0.247 e. The van der Waals surface area contributed by atoms with Crippen molar-refractivity contribution < 1.29 is 0 Å². The Bertz CT molecular complexity index is 2040. The summed E-state index contributed by atoms with van der Waals surface area (Å²) < 4.78 is 7.24. The second-order valence-electron chi connectivity index (χ2n) is 11.7. The van der Waals surface area contributed by atoms with Gasteiger partial charge in [0, 0.05) is 0 Å². The molecule has 8 aromatic rings. The fourth-order valence-corrected chi connectivity index (χ4v) is 5.66. The van der Waals surface area contributed by atoms with Gasteiger partial charge < -0.3 is 0 Å². The fraction of sp³-hybridized carbons (Fsp3) is 0.118. The molecule has 6 aromatic heterocycles. The van der Waals surface area contributed by atoms with E-state index in [-0.39, 0.29) is 0 Å². The maximum atomic E-state index is 4.82. The molecule has 48 heavy (non-hydrogen) atoms. The lowest BCUT2D eigenvalue weighted by Crippen LogP contribution is -2.03. The minimum Gasteiger partial charge on any atom is -0.247 e. The summed E-state index contributed by atoms with van der Waals surface area (Å²) >= 11 is 0. The highest BCUT2D eigenvalue weighted by Gasteiger charge is 2.13. The van der Waals surface area contributed by atoms with Crippen molar-refractivity contribution in [2.45, 2.75) is 26.2 Å². The summed E-state index contributed by atoms with van der Waals surface area (Å²) in [7, 11) is 0. The van der Waals surface area contributed by atoms with E-state index in [4.69, 9.17) is 9.97 Å². The Morgan fingerprint density at radius 3 is 0.812 bits per heavy atom. The van der Waals surface area contributed by atoms with Gasteiger partial charge in [-0.1, -0.05) is 81.5 Å². The highest BCUT2D eigenvalue weighted by Crippen LogP contribution is 2.22. The van der Waals surface area contributed by atoms with Crippen LogP contribution in [0.5, 0.6) is 0 Å². The highest BCUT2D eigenvalue weighted by molar-refractivity contribution is 5.61. The third-order valence-electron chi connectivity index (χ3n) is 8.13. The van der Waals surface area contributed by atoms with Gasteiger partial charge in [-0.25, -0.2) is 28.7 Å². The number of hydrogen-bond donors (Lipinski definition) is 0. The molecule has 0 unspecified atom stereocenters. The van der Waals surface area contributed by atoms with E-state index >= 15 is 0 Å². The van der Waals surface area contributed by atoms with Gasteiger partial charge in [0.1, 0.15) is 22.8 Å². The van der Waals surface area contributed by atoms with E-state index in [2.05, 4.69) is 89.8 Å². The minimum absolute atomic E-state index is 0.575. The van der Waals surface area contributed by atoms with E-state index in [1.54, 1.807) is 0 Å². The van der Waals surface area contributed by atoms with E-state index in [1.807, 2.05) is 79.9 Å². The third kappa shape index (κ3) is 5.62. The maximum absolute atomic E-state index is 4.82. The SMILES string of the molecule is c1cc2nc(c1)-c1cn(nn1)Cc1ccc(cc1)Cn1cc(nn1)-c1cccc(n1)-c1cn(nn1)Cc1ccc(cc1)Cn1cc-2nn1. The van der Waals surface area contributed by atoms with Crippen LogP contribution in [0, 0.1) is 0 Å². The number of nitrogens with zero attached hydrogens (tertiary/aromatic N) is 14. The van der Waals surface area contributed by atoms with Gasteiger partial charge in [-0.2, -0.15) is 0 Å². The molecule has 0 radical (unpaired) electrons. The maximum Gasteiger partial charge on any atom is 0.131 e. The zero-order chi connectivity index (χ0) is 31.9. The standard InChI is InChI=1S/C34H26N14/c1-3-27-31-19-45(41-37-31)15-23-7-11-25(12-8-23)17-47-21-33(39-43-47)29-5-2-6-30(36-29)34-22-48(44-40-34)18-26-13-9-24(10-14-26)16-46-20-32(38-42-46)28(4-1)35-27/h1-14,19-22H,15-18H2. The van der Waals surface area contributed by atoms with Crippen LogP contribution in [-0.2, 0) is 26.2 Å². The second-order valence-corrected chi connectivity index (χ2v) is 11.7. The third-order valence-corrected chi connectivity index (χ3v) is 8.13. The summed E-state index contributed by atoms with van der Waals surface area (Å²) in [5.74, 6) is 0. The van der Waals surface area contributed by atoms with E-state index < -0.39 is 0 Å². The number of aromatic nitrogens is 14. The number of hydrogen-bond acceptors (Lipinski definition) is 10. The smallest absolute Gasteiger partial charge is 0.131 e. The summed E-state index contributed by atoms with van der Waals surface area (Å²) in [4.78, 5) is 9.63. The minimum atomic E-state index is 0.575. The number of pyridine rings is 2. The van der Waals surface area contributed by atoms with Crippen molar-refractivity contribution in [2.24, 2.45) is 0 Å². The van der Waals surface area contributed by atoms with Gasteiger partial charge in [0.15, 0.2) is 0 Å². The Morgan fingerprint density at radius 2 is 0.562 bits per heavy atom. The van der Waals surface area contributed by atoms with Gasteiger partial charge in [-0.05, 0) is 46.5 Å². The summed E-state index contributed by atoms with van der Waals surface area (Å²) in [5.41, 5.74) is 9.99. The van der Waals surface area contributed by atoms with E-state index in [0.29, 0.717) is 71.7 Å². The lowest BCUT2D eigenvalue weighted by atomic mass is 10.1. The van der Waals surface area contributed by atoms with Crippen molar-refractivity contribution in [3.63, 3.8) is 0 Å². The van der Waals surface area contributed by atoms with E-state index in [1.165, 1.54) is 0 Å². The predicted molar refractivity (Wildman–Crippen MR) is 174 cm³/mol. The van der Waals surface area contributed by atoms with Crippen LogP contribution in [0.4, 0.5) is 0 Å². The van der Waals surface area contributed by atoms with Crippen LogP contribution in [0.1, 0.15) is 22.3 Å². The molecule has 0 fully saturated rings. The van der Waals surface area contributed by atoms with E-state index in [9.17, 15) is 0 Å². The zero-order valence-electron chi connectivity index (χ0n) is 25.5. The Hall–Kier alpha value is -6.70. The summed E-state index contributed by atoms with van der Waals surface area (Å²) in [5, 5.41) is 35.0. The molecular formula is C34H26N14. The van der Waals surface area contributed by atoms with Crippen LogP contribution in [0.2, 0.25) is 0 Å². The highest BCUT2D eigenvalue weighted by atomic mass is 15.4. The van der Waals surface area contributed by atoms with Crippen molar-refractivity contribution in [3.8, 4) is 45.6 Å². The van der Waals surface area contributed by atoms with Gasteiger partial charge in [0.25, 0.3) is 0 Å². The Labute approximate surface area is 273 Å². The molecule has 232 valence electrons. The monoisotopic (exact) mass is 630 g/mol. The first-order valence-corrected chi connectivity index (χ1v) is 15.4. The van der Waals surface area contributed by atoms with Crippen LogP contribution < -0.4 is 0 Å². The van der Waals surface area contributed by atoms with Gasteiger partial charge in [-0.15, -0.1) is 20.4 Å². The van der Waals surface area contributed by atoms with Gasteiger partial charge >= 0.3 is 0 Å². The van der Waals surface area contributed by atoms with Crippen molar-refractivity contribution in [2.75, 3.05) is 0 Å². The molecule has 16 bridgehead atoms. The first kappa shape index (κ1) is 27.6. The Morgan fingerprint density at radius 1 is 0.312 bits per heavy atom. The van der Waals surface area contributed by atoms with Crippen LogP contribution in [0.15, 0.2) is 110 Å². The summed E-state index contributed by atoms with van der Waals surface area (Å²) in [6.07, 6.45) is 7.61. The molecule has 0 atom stereocenters. The van der Waals surface area contributed by atoms with Crippen LogP contribution in [0.3, 0.4) is 0 Å². The molecule has 0 amide bonds. The van der Waals surface area contributed by atoms with Gasteiger partial charge in [-0.3, -0.25) is 0 Å². The summed E-state index contributed by atoms with van der Waals surface area (Å²) in [6, 6.07) is 28.3. The van der Waals surface area contributed by atoms with Gasteiger partial charge in [0.2, 0.25) is 0 Å². The first-order chi connectivity index (χ1) is 23.7. The Kier molecular flexibility index (Phi) is 6.66.